The van der Waals surface area contributed by atoms with Gasteiger partial charge in [-0.3, -0.25) is 9.78 Å². The number of carbonyl (C=O) groups is 1. The minimum Gasteiger partial charge on any atom is -0.495 e. The monoisotopic (exact) mass is 453 g/mol. The maximum absolute atomic E-state index is 13.2. The molecule has 0 bridgehead atoms. The number of hydrogen-bond donors (Lipinski definition) is 0. The number of nitrogens with zero attached hydrogens (tertiary/aromatic N) is 3. The lowest BCUT2D eigenvalue weighted by molar-refractivity contribution is -0.119. The Morgan fingerprint density at radius 3 is 2.47 bits per heavy atom. The van der Waals surface area contributed by atoms with Crippen LogP contribution in [0.5, 0.6) is 5.75 Å². The minimum atomic E-state index is -4.01. The number of anilines is 1. The number of pyridine rings is 1. The number of amides is 1. The highest BCUT2D eigenvalue weighted by Crippen LogP contribution is 2.34. The zero-order valence-electron chi connectivity index (χ0n) is 16.8. The third-order valence-corrected chi connectivity index (χ3v) is 8.64. The van der Waals surface area contributed by atoms with Gasteiger partial charge in [-0.15, -0.1) is 0 Å². The van der Waals surface area contributed by atoms with Crippen molar-refractivity contribution in [3.05, 3.63) is 48.3 Å². The highest BCUT2D eigenvalue weighted by Gasteiger charge is 2.42. The third kappa shape index (κ3) is 4.18. The van der Waals surface area contributed by atoms with Crippen LogP contribution in [0.2, 0.25) is 0 Å². The van der Waals surface area contributed by atoms with Crippen molar-refractivity contribution in [2.45, 2.75) is 18.2 Å². The number of aromatic nitrogens is 1. The molecule has 1 aliphatic heterocycles. The molecule has 0 spiro atoms. The van der Waals surface area contributed by atoms with Crippen molar-refractivity contribution in [3.63, 3.8) is 0 Å². The maximum Gasteiger partial charge on any atom is 0.246 e. The van der Waals surface area contributed by atoms with E-state index in [0.29, 0.717) is 10.7 Å². The van der Waals surface area contributed by atoms with E-state index in [4.69, 9.17) is 4.74 Å². The van der Waals surface area contributed by atoms with Gasteiger partial charge in [0.05, 0.1) is 24.5 Å². The quantitative estimate of drug-likeness (QED) is 0.620. The SMILES string of the molecule is COc1ccc(N2C(=O)[C@@H](C)CS2(=O)=O)cc1S(=O)(=O)N(C)CCc1ccncc1. The number of methoxy groups -OCH3 is 1. The molecule has 1 fully saturated rings. The fourth-order valence-electron chi connectivity index (χ4n) is 3.20. The number of sulfonamides is 2. The molecule has 0 radical (unpaired) electrons. The van der Waals surface area contributed by atoms with E-state index < -0.39 is 31.9 Å². The van der Waals surface area contributed by atoms with Crippen LogP contribution in [0.25, 0.3) is 0 Å². The number of benzene rings is 1. The first-order valence-electron chi connectivity index (χ1n) is 9.18. The molecule has 9 nitrogen and oxygen atoms in total. The lowest BCUT2D eigenvalue weighted by Gasteiger charge is -2.21. The summed E-state index contributed by atoms with van der Waals surface area (Å²) in [6.07, 6.45) is 3.73. The lowest BCUT2D eigenvalue weighted by Crippen LogP contribution is -2.32. The summed E-state index contributed by atoms with van der Waals surface area (Å²) in [6.45, 7) is 1.71. The highest BCUT2D eigenvalue weighted by atomic mass is 32.2. The molecule has 11 heteroatoms. The number of rotatable bonds is 7. The van der Waals surface area contributed by atoms with Gasteiger partial charge < -0.3 is 4.74 Å². The Labute approximate surface area is 176 Å². The molecule has 0 unspecified atom stereocenters. The van der Waals surface area contributed by atoms with Crippen LogP contribution >= 0.6 is 0 Å². The molecule has 2 heterocycles. The van der Waals surface area contributed by atoms with Gasteiger partial charge in [-0.1, -0.05) is 6.92 Å². The van der Waals surface area contributed by atoms with Crippen molar-refractivity contribution in [3.8, 4) is 5.75 Å². The Balaban J connectivity index is 1.95. The Bertz CT molecular complexity index is 1150. The highest BCUT2D eigenvalue weighted by molar-refractivity contribution is 7.94. The fraction of sp³-hybridized carbons (Fsp3) is 0.368. The predicted octanol–water partition coefficient (Wildman–Crippen LogP) is 1.27. The molecule has 1 aliphatic rings. The zero-order chi connectivity index (χ0) is 22.1. The summed E-state index contributed by atoms with van der Waals surface area (Å²) in [5, 5.41) is 0. The molecule has 0 N–H and O–H groups in total. The van der Waals surface area contributed by atoms with E-state index >= 15 is 0 Å². The van der Waals surface area contributed by atoms with Gasteiger partial charge in [-0.2, -0.15) is 0 Å². The van der Waals surface area contributed by atoms with E-state index in [0.717, 1.165) is 9.87 Å². The van der Waals surface area contributed by atoms with Gasteiger partial charge in [0, 0.05) is 26.0 Å². The topological polar surface area (TPSA) is 114 Å². The van der Waals surface area contributed by atoms with E-state index in [2.05, 4.69) is 4.98 Å². The molecule has 1 amide bonds. The van der Waals surface area contributed by atoms with E-state index in [-0.39, 0.29) is 28.6 Å². The van der Waals surface area contributed by atoms with Gasteiger partial charge in [0.2, 0.25) is 26.0 Å². The molecule has 30 heavy (non-hydrogen) atoms. The van der Waals surface area contributed by atoms with Crippen molar-refractivity contribution < 1.29 is 26.4 Å². The van der Waals surface area contributed by atoms with E-state index in [9.17, 15) is 21.6 Å². The number of likely N-dealkylation sites (N-methyl/N-ethyl adjacent to an activating group) is 1. The molecule has 0 saturated carbocycles. The van der Waals surface area contributed by atoms with Gasteiger partial charge in [-0.05, 0) is 42.3 Å². The largest absolute Gasteiger partial charge is 0.495 e. The standard InChI is InChI=1S/C19H23N3O6S2/c1-14-13-29(24,25)22(19(14)23)16-4-5-17(28-3)18(12-16)30(26,27)21(2)11-8-15-6-9-20-10-7-15/h4-7,9-10,12,14H,8,11,13H2,1-3H3/t14-/m0/s1. The summed E-state index contributed by atoms with van der Waals surface area (Å²) in [4.78, 5) is 16.1. The van der Waals surface area contributed by atoms with Crippen LogP contribution in [0.15, 0.2) is 47.6 Å². The number of carbonyl (C=O) groups excluding carboxylic acids is 1. The number of hydrogen-bond acceptors (Lipinski definition) is 7. The van der Waals surface area contributed by atoms with E-state index in [1.54, 1.807) is 24.5 Å². The first-order chi connectivity index (χ1) is 14.1. The summed E-state index contributed by atoms with van der Waals surface area (Å²) in [5.41, 5.74) is 0.904. The van der Waals surface area contributed by atoms with Gasteiger partial charge in [0.1, 0.15) is 10.6 Å². The fourth-order valence-corrected chi connectivity index (χ4v) is 6.36. The first kappa shape index (κ1) is 22.2. The molecule has 3 rings (SSSR count). The molecule has 1 atom stereocenters. The summed E-state index contributed by atoms with van der Waals surface area (Å²) in [6, 6.07) is 7.48. The second-order valence-electron chi connectivity index (χ2n) is 7.05. The molecule has 2 aromatic rings. The normalized spacial score (nSPS) is 18.7. The lowest BCUT2D eigenvalue weighted by atomic mass is 10.2. The van der Waals surface area contributed by atoms with Gasteiger partial charge in [0.15, 0.2) is 0 Å². The molecule has 1 aromatic heterocycles. The maximum atomic E-state index is 13.2. The smallest absolute Gasteiger partial charge is 0.246 e. The van der Waals surface area contributed by atoms with Crippen molar-refractivity contribution in [2.75, 3.05) is 30.8 Å². The van der Waals surface area contributed by atoms with Crippen molar-refractivity contribution in [1.29, 1.82) is 0 Å². The Morgan fingerprint density at radius 1 is 1.23 bits per heavy atom. The van der Waals surface area contributed by atoms with E-state index in [1.165, 1.54) is 39.3 Å². The summed E-state index contributed by atoms with van der Waals surface area (Å²) in [5.74, 6) is -1.53. The van der Waals surface area contributed by atoms with Crippen molar-refractivity contribution in [1.82, 2.24) is 9.29 Å². The molecule has 162 valence electrons. The Kier molecular flexibility index (Phi) is 6.16. The summed E-state index contributed by atoms with van der Waals surface area (Å²) < 4.78 is 58.2. The second-order valence-corrected chi connectivity index (χ2v) is 10.9. The molecule has 1 saturated heterocycles. The van der Waals surface area contributed by atoms with E-state index in [1.807, 2.05) is 0 Å². The number of ether oxygens (including phenoxy) is 1. The molecular weight excluding hydrogens is 430 g/mol. The van der Waals surface area contributed by atoms with Gasteiger partial charge >= 0.3 is 0 Å². The average molecular weight is 454 g/mol. The third-order valence-electron chi connectivity index (χ3n) is 4.90. The van der Waals surface area contributed by atoms with Crippen LogP contribution < -0.4 is 9.04 Å². The Hall–Kier alpha value is -2.50. The van der Waals surface area contributed by atoms with Crippen LogP contribution in [-0.4, -0.2) is 58.5 Å². The molecular formula is C19H23N3O6S2. The van der Waals surface area contributed by atoms with Gasteiger partial charge in [0.25, 0.3) is 0 Å². The summed E-state index contributed by atoms with van der Waals surface area (Å²) in [7, 11) is -5.11. The van der Waals surface area contributed by atoms with Crippen LogP contribution in [0.3, 0.4) is 0 Å². The van der Waals surface area contributed by atoms with Crippen LogP contribution in [0, 0.1) is 5.92 Å². The zero-order valence-corrected chi connectivity index (χ0v) is 18.5. The second kappa shape index (κ2) is 8.32. The Morgan fingerprint density at radius 2 is 1.90 bits per heavy atom. The summed E-state index contributed by atoms with van der Waals surface area (Å²) >= 11 is 0. The van der Waals surface area contributed by atoms with Crippen molar-refractivity contribution in [2.24, 2.45) is 5.92 Å². The molecule has 0 aliphatic carbocycles. The predicted molar refractivity (Wildman–Crippen MR) is 111 cm³/mol. The minimum absolute atomic E-state index is 0.0220. The van der Waals surface area contributed by atoms with Crippen LogP contribution in [0.4, 0.5) is 5.69 Å². The van der Waals surface area contributed by atoms with Crippen molar-refractivity contribution >= 4 is 31.6 Å². The van der Waals surface area contributed by atoms with Crippen LogP contribution in [0.1, 0.15) is 12.5 Å². The van der Waals surface area contributed by atoms with Crippen LogP contribution in [-0.2, 0) is 31.3 Å². The van der Waals surface area contributed by atoms with Gasteiger partial charge in [-0.25, -0.2) is 25.4 Å². The average Bonchev–Trinajstić information content (AvgIpc) is 2.92. The molecule has 1 aromatic carbocycles. The first-order valence-corrected chi connectivity index (χ1v) is 12.2.